The van der Waals surface area contributed by atoms with Crippen molar-refractivity contribution in [1.29, 1.82) is 0 Å². The molecule has 1 unspecified atom stereocenters. The lowest BCUT2D eigenvalue weighted by Gasteiger charge is -2.14. The maximum atomic E-state index is 12.0. The highest BCUT2D eigenvalue weighted by molar-refractivity contribution is 7.16. The molecule has 17 heavy (non-hydrogen) atoms. The lowest BCUT2D eigenvalue weighted by molar-refractivity contribution is 0.0983. The summed E-state index contributed by atoms with van der Waals surface area (Å²) in [6, 6.07) is 1.50. The standard InChI is InChI=1S/C11H13Cl2O3P/c1-15-10-6(12)5-7(13)11(16-2)9(10)8(14)3-4-17/h5H,3-4,17H2,1-2H3. The second kappa shape index (κ2) is 6.44. The molecule has 0 N–H and O–H groups in total. The summed E-state index contributed by atoms with van der Waals surface area (Å²) in [6.07, 6.45) is 1.00. The molecule has 0 bridgehead atoms. The molecule has 0 spiro atoms. The number of rotatable bonds is 5. The molecule has 0 aliphatic heterocycles. The SMILES string of the molecule is COc1c(Cl)cc(Cl)c(OC)c1C(=O)CCP. The number of carbonyl (C=O) groups is 1. The van der Waals surface area contributed by atoms with Crippen molar-refractivity contribution < 1.29 is 14.3 Å². The van der Waals surface area contributed by atoms with E-state index in [4.69, 9.17) is 32.7 Å². The Labute approximate surface area is 113 Å². The quantitative estimate of drug-likeness (QED) is 0.616. The van der Waals surface area contributed by atoms with Gasteiger partial charge in [-0.15, -0.1) is 9.24 Å². The fraction of sp³-hybridized carbons (Fsp3) is 0.364. The average molecular weight is 295 g/mol. The van der Waals surface area contributed by atoms with Crippen LogP contribution in [0.3, 0.4) is 0 Å². The van der Waals surface area contributed by atoms with E-state index in [1.807, 2.05) is 0 Å². The zero-order valence-electron chi connectivity index (χ0n) is 9.55. The van der Waals surface area contributed by atoms with Crippen molar-refractivity contribution in [2.24, 2.45) is 0 Å². The van der Waals surface area contributed by atoms with Crippen LogP contribution in [0.15, 0.2) is 6.07 Å². The third-order valence-electron chi connectivity index (χ3n) is 2.20. The Morgan fingerprint density at radius 3 is 2.06 bits per heavy atom. The molecule has 0 amide bonds. The minimum Gasteiger partial charge on any atom is -0.494 e. The summed E-state index contributed by atoms with van der Waals surface area (Å²) in [5, 5.41) is 0.593. The van der Waals surface area contributed by atoms with Gasteiger partial charge in [0, 0.05) is 6.42 Å². The lowest BCUT2D eigenvalue weighted by atomic mass is 10.1. The van der Waals surface area contributed by atoms with Gasteiger partial charge in [0.15, 0.2) is 17.3 Å². The Morgan fingerprint density at radius 1 is 1.24 bits per heavy atom. The van der Waals surface area contributed by atoms with Gasteiger partial charge in [-0.25, -0.2) is 0 Å². The topological polar surface area (TPSA) is 35.5 Å². The normalized spacial score (nSPS) is 10.2. The summed E-state index contributed by atoms with van der Waals surface area (Å²) in [4.78, 5) is 12.0. The number of hydrogen-bond donors (Lipinski definition) is 0. The Balaban J connectivity index is 3.45. The van der Waals surface area contributed by atoms with Crippen LogP contribution in [0.4, 0.5) is 0 Å². The Bertz CT molecular complexity index is 407. The van der Waals surface area contributed by atoms with Crippen LogP contribution in [-0.2, 0) is 0 Å². The molecule has 0 aromatic heterocycles. The zero-order chi connectivity index (χ0) is 13.0. The summed E-state index contributed by atoms with van der Waals surface area (Å²) in [7, 11) is 5.39. The molecule has 1 aromatic carbocycles. The maximum Gasteiger partial charge on any atom is 0.170 e. The Kier molecular flexibility index (Phi) is 5.51. The van der Waals surface area contributed by atoms with Crippen molar-refractivity contribution in [3.8, 4) is 11.5 Å². The first-order chi connectivity index (χ1) is 8.06. The summed E-state index contributed by atoms with van der Waals surface area (Å²) in [5.74, 6) is 0.492. The van der Waals surface area contributed by atoms with E-state index in [1.165, 1.54) is 20.3 Å². The molecule has 0 fully saturated rings. The van der Waals surface area contributed by atoms with Crippen LogP contribution in [0, 0.1) is 0 Å². The van der Waals surface area contributed by atoms with Crippen LogP contribution in [0.25, 0.3) is 0 Å². The minimum absolute atomic E-state index is 0.113. The van der Waals surface area contributed by atoms with Gasteiger partial charge in [-0.1, -0.05) is 23.2 Å². The summed E-state index contributed by atoms with van der Waals surface area (Å²) in [5.41, 5.74) is 0.301. The molecule has 94 valence electrons. The molecule has 1 aromatic rings. The summed E-state index contributed by atoms with van der Waals surface area (Å²) >= 11 is 12.0. The van der Waals surface area contributed by atoms with Gasteiger partial charge < -0.3 is 9.47 Å². The van der Waals surface area contributed by atoms with E-state index >= 15 is 0 Å². The van der Waals surface area contributed by atoms with Gasteiger partial charge in [-0.05, 0) is 12.2 Å². The van der Waals surface area contributed by atoms with Crippen molar-refractivity contribution in [3.63, 3.8) is 0 Å². The predicted molar refractivity (Wildman–Crippen MR) is 73.1 cm³/mol. The Hall–Kier alpha value is -0.500. The monoisotopic (exact) mass is 294 g/mol. The highest BCUT2D eigenvalue weighted by Crippen LogP contribution is 2.41. The fourth-order valence-electron chi connectivity index (χ4n) is 1.49. The molecule has 1 rings (SSSR count). The molecule has 1 atom stereocenters. The molecule has 6 heteroatoms. The number of Topliss-reactive ketones (excluding diaryl/α,β-unsaturated/α-hetero) is 1. The first-order valence-electron chi connectivity index (χ1n) is 4.90. The highest BCUT2D eigenvalue weighted by Gasteiger charge is 2.23. The summed E-state index contributed by atoms with van der Waals surface area (Å²) in [6.45, 7) is 0. The van der Waals surface area contributed by atoms with Crippen LogP contribution >= 0.6 is 32.4 Å². The molecule has 0 aliphatic carbocycles. The van der Waals surface area contributed by atoms with E-state index in [2.05, 4.69) is 9.24 Å². The number of hydrogen-bond acceptors (Lipinski definition) is 3. The molecule has 0 saturated carbocycles. The second-order valence-corrected chi connectivity index (χ2v) is 4.64. The third kappa shape index (κ3) is 3.04. The molecular formula is C11H13Cl2O3P. The van der Waals surface area contributed by atoms with E-state index in [-0.39, 0.29) is 5.78 Å². The second-order valence-electron chi connectivity index (χ2n) is 3.24. The highest BCUT2D eigenvalue weighted by atomic mass is 35.5. The van der Waals surface area contributed by atoms with E-state index in [1.54, 1.807) is 0 Å². The maximum absolute atomic E-state index is 12.0. The van der Waals surface area contributed by atoms with Crippen LogP contribution in [0.5, 0.6) is 11.5 Å². The fourth-order valence-corrected chi connectivity index (χ4v) is 2.37. The molecule has 0 radical (unpaired) electrons. The Morgan fingerprint density at radius 2 is 1.71 bits per heavy atom. The average Bonchev–Trinajstić information content (AvgIpc) is 2.28. The lowest BCUT2D eigenvalue weighted by Crippen LogP contribution is -2.06. The molecule has 0 aliphatic rings. The first-order valence-corrected chi connectivity index (χ1v) is 6.47. The van der Waals surface area contributed by atoms with Crippen molar-refractivity contribution in [3.05, 3.63) is 21.7 Å². The van der Waals surface area contributed by atoms with Crippen LogP contribution in [-0.4, -0.2) is 26.2 Å². The summed E-state index contributed by atoms with van der Waals surface area (Å²) < 4.78 is 10.3. The number of benzene rings is 1. The zero-order valence-corrected chi connectivity index (χ0v) is 12.2. The third-order valence-corrected chi connectivity index (χ3v) is 3.05. The van der Waals surface area contributed by atoms with Crippen molar-refractivity contribution in [2.45, 2.75) is 6.42 Å². The van der Waals surface area contributed by atoms with Gasteiger partial charge >= 0.3 is 0 Å². The number of carbonyl (C=O) groups excluding carboxylic acids is 1. The molecule has 0 heterocycles. The number of halogens is 2. The van der Waals surface area contributed by atoms with Crippen molar-refractivity contribution in [1.82, 2.24) is 0 Å². The van der Waals surface area contributed by atoms with Crippen LogP contribution < -0.4 is 9.47 Å². The van der Waals surface area contributed by atoms with Gasteiger partial charge in [-0.3, -0.25) is 4.79 Å². The van der Waals surface area contributed by atoms with Gasteiger partial charge in [0.05, 0.1) is 24.3 Å². The van der Waals surface area contributed by atoms with Gasteiger partial charge in [-0.2, -0.15) is 0 Å². The predicted octanol–water partition coefficient (Wildman–Crippen LogP) is 3.46. The van der Waals surface area contributed by atoms with E-state index < -0.39 is 0 Å². The van der Waals surface area contributed by atoms with Gasteiger partial charge in [0.2, 0.25) is 0 Å². The van der Waals surface area contributed by atoms with E-state index in [9.17, 15) is 4.79 Å². The molecular weight excluding hydrogens is 282 g/mol. The van der Waals surface area contributed by atoms with Crippen molar-refractivity contribution >= 4 is 38.2 Å². The number of methoxy groups -OCH3 is 2. The van der Waals surface area contributed by atoms with Crippen molar-refractivity contribution in [2.75, 3.05) is 20.4 Å². The van der Waals surface area contributed by atoms with Gasteiger partial charge in [0.1, 0.15) is 5.56 Å². The molecule has 0 saturated heterocycles. The number of ketones is 1. The number of ether oxygens (including phenoxy) is 2. The molecule has 3 nitrogen and oxygen atoms in total. The van der Waals surface area contributed by atoms with E-state index in [0.29, 0.717) is 39.7 Å². The van der Waals surface area contributed by atoms with E-state index in [0.717, 1.165) is 0 Å². The first kappa shape index (κ1) is 14.6. The van der Waals surface area contributed by atoms with Crippen LogP contribution in [0.2, 0.25) is 10.0 Å². The van der Waals surface area contributed by atoms with Crippen LogP contribution in [0.1, 0.15) is 16.8 Å². The largest absolute Gasteiger partial charge is 0.494 e. The van der Waals surface area contributed by atoms with Gasteiger partial charge in [0.25, 0.3) is 0 Å². The smallest absolute Gasteiger partial charge is 0.170 e. The minimum atomic E-state index is -0.113.